The zero-order chi connectivity index (χ0) is 15.9. The summed E-state index contributed by atoms with van der Waals surface area (Å²) in [4.78, 5) is 23.3. The summed E-state index contributed by atoms with van der Waals surface area (Å²) in [5, 5.41) is 15.5. The van der Waals surface area contributed by atoms with Crippen molar-refractivity contribution in [2.24, 2.45) is 0 Å². The van der Waals surface area contributed by atoms with Gasteiger partial charge in [-0.1, -0.05) is 11.6 Å². The third-order valence-electron chi connectivity index (χ3n) is 2.67. The lowest BCUT2D eigenvalue weighted by molar-refractivity contribution is -0.146. The number of thiophene rings is 1. The van der Waals surface area contributed by atoms with Crippen LogP contribution in [0, 0.1) is 11.3 Å². The fourth-order valence-corrected chi connectivity index (χ4v) is 2.50. The minimum atomic E-state index is -0.530. The van der Waals surface area contributed by atoms with E-state index in [9.17, 15) is 9.59 Å². The number of ether oxygens (including phenoxy) is 1. The number of hydrogen-bond donors (Lipinski definition) is 1. The van der Waals surface area contributed by atoms with E-state index in [1.807, 2.05) is 22.9 Å². The monoisotopic (exact) mass is 334 g/mol. The van der Waals surface area contributed by atoms with Crippen molar-refractivity contribution in [3.8, 4) is 6.07 Å². The molecule has 0 saturated carbocycles. The van der Waals surface area contributed by atoms with Crippen molar-refractivity contribution in [2.75, 3.05) is 11.9 Å². The Morgan fingerprint density at radius 1 is 1.36 bits per heavy atom. The Kier molecular flexibility index (Phi) is 5.53. The van der Waals surface area contributed by atoms with Gasteiger partial charge in [0.05, 0.1) is 17.7 Å². The van der Waals surface area contributed by atoms with Gasteiger partial charge in [0.15, 0.2) is 6.61 Å². The van der Waals surface area contributed by atoms with Crippen LogP contribution in [0.4, 0.5) is 5.69 Å². The molecule has 0 aliphatic heterocycles. The number of amides is 1. The van der Waals surface area contributed by atoms with E-state index in [1.165, 1.54) is 23.5 Å². The number of hydrogen-bond acceptors (Lipinski definition) is 5. The summed E-state index contributed by atoms with van der Waals surface area (Å²) in [6.07, 6.45) is 0.122. The molecule has 112 valence electrons. The van der Waals surface area contributed by atoms with Gasteiger partial charge in [-0.3, -0.25) is 9.59 Å². The van der Waals surface area contributed by atoms with Crippen LogP contribution in [0.15, 0.2) is 35.0 Å². The number of carbonyl (C=O) groups is 2. The van der Waals surface area contributed by atoms with Gasteiger partial charge in [0.1, 0.15) is 6.07 Å². The molecule has 7 heteroatoms. The van der Waals surface area contributed by atoms with Gasteiger partial charge < -0.3 is 10.1 Å². The van der Waals surface area contributed by atoms with Crippen LogP contribution in [0.1, 0.15) is 11.1 Å². The maximum absolute atomic E-state index is 11.8. The maximum atomic E-state index is 11.8. The number of nitrogens with zero attached hydrogens (tertiary/aromatic N) is 1. The quantitative estimate of drug-likeness (QED) is 0.852. The Morgan fingerprint density at radius 3 is 2.86 bits per heavy atom. The first-order valence-electron chi connectivity index (χ1n) is 6.24. The van der Waals surface area contributed by atoms with Gasteiger partial charge in [0.25, 0.3) is 5.91 Å². The molecule has 0 saturated heterocycles. The summed E-state index contributed by atoms with van der Waals surface area (Å²) in [5.41, 5.74) is 1.41. The minimum Gasteiger partial charge on any atom is -0.455 e. The molecule has 1 amide bonds. The van der Waals surface area contributed by atoms with Crippen molar-refractivity contribution in [3.63, 3.8) is 0 Å². The Labute approximate surface area is 136 Å². The summed E-state index contributed by atoms with van der Waals surface area (Å²) in [5.74, 6) is -1.02. The first-order chi connectivity index (χ1) is 10.6. The molecule has 0 spiro atoms. The molecular weight excluding hydrogens is 324 g/mol. The molecule has 1 aromatic carbocycles. The first kappa shape index (κ1) is 16.0. The lowest BCUT2D eigenvalue weighted by Crippen LogP contribution is -2.22. The van der Waals surface area contributed by atoms with Crippen LogP contribution >= 0.6 is 22.9 Å². The van der Waals surface area contributed by atoms with Crippen LogP contribution in [-0.4, -0.2) is 18.5 Å². The zero-order valence-corrected chi connectivity index (χ0v) is 12.9. The molecule has 1 aromatic heterocycles. The largest absolute Gasteiger partial charge is 0.455 e. The van der Waals surface area contributed by atoms with Crippen LogP contribution in [0.2, 0.25) is 5.02 Å². The standard InChI is InChI=1S/C15H11ClN2O3S/c16-12-2-1-11(7-17)13(6-12)18-14(19)8-21-15(20)5-10-3-4-22-9-10/h1-4,6,9H,5,8H2,(H,18,19). The number of nitriles is 1. The number of carbonyl (C=O) groups excluding carboxylic acids is 2. The van der Waals surface area contributed by atoms with Gasteiger partial charge in [-0.2, -0.15) is 16.6 Å². The molecular formula is C15H11ClN2O3S. The first-order valence-corrected chi connectivity index (χ1v) is 7.57. The van der Waals surface area contributed by atoms with E-state index in [0.29, 0.717) is 5.02 Å². The van der Waals surface area contributed by atoms with Gasteiger partial charge >= 0.3 is 5.97 Å². The van der Waals surface area contributed by atoms with Gasteiger partial charge in [-0.25, -0.2) is 0 Å². The second-order valence-electron chi connectivity index (χ2n) is 4.32. The predicted molar refractivity (Wildman–Crippen MR) is 83.8 cm³/mol. The third kappa shape index (κ3) is 4.58. The number of anilines is 1. The van der Waals surface area contributed by atoms with Gasteiger partial charge in [0.2, 0.25) is 0 Å². The highest BCUT2D eigenvalue weighted by molar-refractivity contribution is 7.07. The molecule has 5 nitrogen and oxygen atoms in total. The van der Waals surface area contributed by atoms with Crippen molar-refractivity contribution in [1.29, 1.82) is 5.26 Å². The number of nitrogens with one attached hydrogen (secondary N) is 1. The summed E-state index contributed by atoms with van der Waals surface area (Å²) in [6, 6.07) is 8.28. The third-order valence-corrected chi connectivity index (χ3v) is 3.64. The average Bonchev–Trinajstić information content (AvgIpc) is 2.98. The van der Waals surface area contributed by atoms with E-state index in [0.717, 1.165) is 5.56 Å². The van der Waals surface area contributed by atoms with Crippen molar-refractivity contribution in [1.82, 2.24) is 0 Å². The molecule has 1 N–H and O–H groups in total. The van der Waals surface area contributed by atoms with E-state index < -0.39 is 18.5 Å². The molecule has 0 atom stereocenters. The fourth-order valence-electron chi connectivity index (χ4n) is 1.66. The second kappa shape index (κ2) is 7.59. The SMILES string of the molecule is N#Cc1ccc(Cl)cc1NC(=O)COC(=O)Cc1ccsc1. The summed E-state index contributed by atoms with van der Waals surface area (Å²) in [6.45, 7) is -0.416. The molecule has 0 aliphatic carbocycles. The molecule has 0 aliphatic rings. The Balaban J connectivity index is 1.87. The highest BCUT2D eigenvalue weighted by atomic mass is 35.5. The summed E-state index contributed by atoms with van der Waals surface area (Å²) in [7, 11) is 0. The molecule has 0 bridgehead atoms. The van der Waals surface area contributed by atoms with Crippen LogP contribution in [0.3, 0.4) is 0 Å². The molecule has 0 unspecified atom stereocenters. The Bertz CT molecular complexity index is 723. The molecule has 2 aromatic rings. The highest BCUT2D eigenvalue weighted by Crippen LogP contribution is 2.20. The zero-order valence-electron chi connectivity index (χ0n) is 11.3. The van der Waals surface area contributed by atoms with Crippen LogP contribution in [0.5, 0.6) is 0 Å². The lowest BCUT2D eigenvalue weighted by atomic mass is 10.2. The van der Waals surface area contributed by atoms with E-state index >= 15 is 0 Å². The molecule has 22 heavy (non-hydrogen) atoms. The maximum Gasteiger partial charge on any atom is 0.310 e. The normalized spacial score (nSPS) is 9.82. The highest BCUT2D eigenvalue weighted by Gasteiger charge is 2.11. The molecule has 1 heterocycles. The van der Waals surface area contributed by atoms with Crippen LogP contribution in [0.25, 0.3) is 0 Å². The molecule has 2 rings (SSSR count). The van der Waals surface area contributed by atoms with Crippen molar-refractivity contribution < 1.29 is 14.3 Å². The number of halogens is 1. The Hall–Kier alpha value is -2.36. The van der Waals surface area contributed by atoms with E-state index in [-0.39, 0.29) is 17.7 Å². The summed E-state index contributed by atoms with van der Waals surface area (Å²) >= 11 is 7.30. The topological polar surface area (TPSA) is 79.2 Å². The number of esters is 1. The van der Waals surface area contributed by atoms with Crippen molar-refractivity contribution in [3.05, 3.63) is 51.2 Å². The minimum absolute atomic E-state index is 0.122. The van der Waals surface area contributed by atoms with E-state index in [2.05, 4.69) is 5.32 Å². The van der Waals surface area contributed by atoms with Crippen LogP contribution in [-0.2, 0) is 20.7 Å². The lowest BCUT2D eigenvalue weighted by Gasteiger charge is -2.08. The van der Waals surface area contributed by atoms with E-state index in [4.69, 9.17) is 21.6 Å². The second-order valence-corrected chi connectivity index (χ2v) is 5.54. The number of rotatable bonds is 5. The number of benzene rings is 1. The smallest absolute Gasteiger partial charge is 0.310 e. The fraction of sp³-hybridized carbons (Fsp3) is 0.133. The Morgan fingerprint density at radius 2 is 2.18 bits per heavy atom. The molecule has 0 radical (unpaired) electrons. The predicted octanol–water partition coefficient (Wildman–Crippen LogP) is 3.00. The van der Waals surface area contributed by atoms with Gasteiger partial charge in [-0.05, 0) is 40.6 Å². The van der Waals surface area contributed by atoms with Gasteiger partial charge in [-0.15, -0.1) is 0 Å². The van der Waals surface area contributed by atoms with E-state index in [1.54, 1.807) is 6.07 Å². The van der Waals surface area contributed by atoms with Gasteiger partial charge in [0, 0.05) is 5.02 Å². The summed E-state index contributed by atoms with van der Waals surface area (Å²) < 4.78 is 4.89. The van der Waals surface area contributed by atoms with Crippen molar-refractivity contribution >= 4 is 40.5 Å². The van der Waals surface area contributed by atoms with Crippen molar-refractivity contribution in [2.45, 2.75) is 6.42 Å². The van der Waals surface area contributed by atoms with Crippen LogP contribution < -0.4 is 5.32 Å². The average molecular weight is 335 g/mol. The molecule has 0 fully saturated rings.